The molecule has 1 fully saturated rings. The highest BCUT2D eigenvalue weighted by Gasteiger charge is 2.29. The summed E-state index contributed by atoms with van der Waals surface area (Å²) in [7, 11) is 6.13. The molecule has 1 saturated heterocycles. The Labute approximate surface area is 300 Å². The molecule has 4 aromatic carbocycles. The number of nitrogens with zero attached hydrogens (tertiary/aromatic N) is 3. The van der Waals surface area contributed by atoms with Crippen LogP contribution >= 0.6 is 0 Å². The van der Waals surface area contributed by atoms with Gasteiger partial charge in [0.1, 0.15) is 17.6 Å². The average Bonchev–Trinajstić information content (AvgIpc) is 3.68. The van der Waals surface area contributed by atoms with Crippen molar-refractivity contribution in [2.45, 2.75) is 19.0 Å². The zero-order valence-corrected chi connectivity index (χ0v) is 29.7. The van der Waals surface area contributed by atoms with Crippen LogP contribution in [0.2, 0.25) is 0 Å². The van der Waals surface area contributed by atoms with Crippen molar-refractivity contribution in [3.8, 4) is 28.2 Å². The van der Waals surface area contributed by atoms with E-state index in [0.717, 1.165) is 36.5 Å². The number of nitrogens with one attached hydrogen (secondary N) is 2. The third-order valence-corrected chi connectivity index (χ3v) is 9.06. The Morgan fingerprint density at radius 3 is 2.25 bits per heavy atom. The number of hydrogen-bond acceptors (Lipinski definition) is 7. The van der Waals surface area contributed by atoms with Crippen molar-refractivity contribution in [1.82, 2.24) is 20.4 Å². The number of hydrogen-bond donors (Lipinski definition) is 2. The molecule has 51 heavy (non-hydrogen) atoms. The minimum absolute atomic E-state index is 0.140. The maximum absolute atomic E-state index is 13.8. The number of carbonyl (C=O) groups excluding carboxylic acids is 2. The fourth-order valence-corrected chi connectivity index (χ4v) is 6.20. The summed E-state index contributed by atoms with van der Waals surface area (Å²) >= 11 is 0. The van der Waals surface area contributed by atoms with E-state index in [2.05, 4.69) is 88.1 Å². The highest BCUT2D eigenvalue weighted by atomic mass is 16.5. The van der Waals surface area contributed by atoms with Crippen molar-refractivity contribution < 1.29 is 18.7 Å². The maximum atomic E-state index is 13.8. The molecule has 0 bridgehead atoms. The van der Waals surface area contributed by atoms with Crippen LogP contribution in [0.4, 0.5) is 5.69 Å². The van der Waals surface area contributed by atoms with Crippen molar-refractivity contribution in [3.05, 3.63) is 132 Å². The lowest BCUT2D eigenvalue weighted by molar-refractivity contribution is -0.134. The quantitative estimate of drug-likeness (QED) is 0.129. The van der Waals surface area contributed by atoms with Crippen molar-refractivity contribution in [2.75, 3.05) is 65.4 Å². The largest absolute Gasteiger partial charge is 0.494 e. The molecule has 6 rings (SSSR count). The highest BCUT2D eigenvalue weighted by Crippen LogP contribution is 2.28. The topological polar surface area (TPSA) is 90.3 Å². The minimum Gasteiger partial charge on any atom is -0.494 e. The SMILES string of the molecule is CN(C)CCCOc1ccc(C(NC(=O)c2ccc(-c3cccc(N(C)Cc4ccc(-c5ccccc5)cc4)c3)o2)C(=O)N2CCNCC2)cc1. The maximum Gasteiger partial charge on any atom is 0.287 e. The normalized spacial score (nSPS) is 13.5. The molecule has 0 aliphatic carbocycles. The standard InChI is InChI=1S/C42H47N5O4/c1-45(2)25-8-28-50-37-19-17-34(18-20-37)40(42(49)47-26-23-43-24-27-47)44-41(48)39-22-21-38(51-39)35-11-7-12-36(29-35)46(3)30-31-13-15-33(16-14-31)32-9-5-4-6-10-32/h4-7,9-22,29,40,43H,8,23-28,30H2,1-3H3,(H,44,48). The van der Waals surface area contributed by atoms with Crippen LogP contribution in [0.3, 0.4) is 0 Å². The van der Waals surface area contributed by atoms with E-state index in [1.165, 1.54) is 16.7 Å². The van der Waals surface area contributed by atoms with Gasteiger partial charge in [0, 0.05) is 57.6 Å². The van der Waals surface area contributed by atoms with Gasteiger partial charge in [-0.05, 0) is 79.2 Å². The van der Waals surface area contributed by atoms with Crippen LogP contribution in [-0.2, 0) is 11.3 Å². The van der Waals surface area contributed by atoms with E-state index in [0.29, 0.717) is 44.1 Å². The van der Waals surface area contributed by atoms with Gasteiger partial charge >= 0.3 is 0 Å². The number of amides is 2. The molecule has 1 aromatic heterocycles. The number of carbonyl (C=O) groups is 2. The number of anilines is 1. The van der Waals surface area contributed by atoms with Crippen LogP contribution in [0, 0.1) is 0 Å². The lowest BCUT2D eigenvalue weighted by atomic mass is 10.0. The number of ether oxygens (including phenoxy) is 1. The molecule has 5 aromatic rings. The summed E-state index contributed by atoms with van der Waals surface area (Å²) < 4.78 is 12.0. The Morgan fingerprint density at radius 2 is 1.53 bits per heavy atom. The average molecular weight is 686 g/mol. The zero-order valence-electron chi connectivity index (χ0n) is 29.7. The summed E-state index contributed by atoms with van der Waals surface area (Å²) in [6.45, 7) is 4.84. The van der Waals surface area contributed by atoms with Crippen molar-refractivity contribution >= 4 is 17.5 Å². The van der Waals surface area contributed by atoms with Crippen LogP contribution in [0.5, 0.6) is 5.75 Å². The Bertz CT molecular complexity index is 1870. The smallest absolute Gasteiger partial charge is 0.287 e. The van der Waals surface area contributed by atoms with E-state index in [1.54, 1.807) is 17.0 Å². The van der Waals surface area contributed by atoms with E-state index in [1.807, 2.05) is 56.6 Å². The number of rotatable bonds is 14. The Hall–Kier alpha value is -5.38. The predicted octanol–water partition coefficient (Wildman–Crippen LogP) is 6.48. The molecule has 0 radical (unpaired) electrons. The third kappa shape index (κ3) is 9.45. The van der Waals surface area contributed by atoms with Gasteiger partial charge in [-0.1, -0.05) is 78.9 Å². The molecule has 2 heterocycles. The van der Waals surface area contributed by atoms with Crippen LogP contribution in [0.15, 0.2) is 120 Å². The monoisotopic (exact) mass is 685 g/mol. The first-order chi connectivity index (χ1) is 24.8. The number of piperazine rings is 1. The van der Waals surface area contributed by atoms with Crippen LogP contribution < -0.4 is 20.3 Å². The second-order valence-corrected chi connectivity index (χ2v) is 13.2. The van der Waals surface area contributed by atoms with Crippen LogP contribution in [0.1, 0.15) is 34.1 Å². The van der Waals surface area contributed by atoms with Gasteiger partial charge in [0.15, 0.2) is 5.76 Å². The first-order valence-corrected chi connectivity index (χ1v) is 17.6. The summed E-state index contributed by atoms with van der Waals surface area (Å²) in [5.74, 6) is 0.832. The van der Waals surface area contributed by atoms with Gasteiger partial charge in [-0.15, -0.1) is 0 Å². The molecule has 2 N–H and O–H groups in total. The Morgan fingerprint density at radius 1 is 0.824 bits per heavy atom. The summed E-state index contributed by atoms with van der Waals surface area (Å²) in [5.41, 5.74) is 6.15. The zero-order chi connectivity index (χ0) is 35.6. The molecule has 1 aliphatic heterocycles. The van der Waals surface area contributed by atoms with Gasteiger partial charge in [0.05, 0.1) is 6.61 Å². The first kappa shape index (κ1) is 35.4. The first-order valence-electron chi connectivity index (χ1n) is 17.6. The summed E-state index contributed by atoms with van der Waals surface area (Å²) in [4.78, 5) is 33.5. The molecule has 264 valence electrons. The fraction of sp³-hybridized carbons (Fsp3) is 0.286. The third-order valence-electron chi connectivity index (χ3n) is 9.06. The van der Waals surface area contributed by atoms with Crippen LogP contribution in [-0.4, -0.2) is 82.1 Å². The molecular weight excluding hydrogens is 638 g/mol. The molecule has 9 nitrogen and oxygen atoms in total. The van der Waals surface area contributed by atoms with Gasteiger partial charge in [0.25, 0.3) is 5.91 Å². The van der Waals surface area contributed by atoms with Crippen molar-refractivity contribution in [2.24, 2.45) is 0 Å². The van der Waals surface area contributed by atoms with E-state index in [9.17, 15) is 9.59 Å². The highest BCUT2D eigenvalue weighted by molar-refractivity contribution is 5.96. The van der Waals surface area contributed by atoms with Crippen molar-refractivity contribution in [1.29, 1.82) is 0 Å². The summed E-state index contributed by atoms with van der Waals surface area (Å²) in [6.07, 6.45) is 0.908. The fourth-order valence-electron chi connectivity index (χ4n) is 6.20. The second kappa shape index (κ2) is 17.0. The van der Waals surface area contributed by atoms with E-state index < -0.39 is 11.9 Å². The van der Waals surface area contributed by atoms with Gasteiger partial charge in [0.2, 0.25) is 5.91 Å². The Kier molecular flexibility index (Phi) is 11.8. The van der Waals surface area contributed by atoms with Crippen LogP contribution in [0.25, 0.3) is 22.5 Å². The molecular formula is C42H47N5O4. The molecule has 1 unspecified atom stereocenters. The molecule has 1 aliphatic rings. The van der Waals surface area contributed by atoms with Gasteiger partial charge in [-0.3, -0.25) is 9.59 Å². The molecule has 0 saturated carbocycles. The molecule has 0 spiro atoms. The lowest BCUT2D eigenvalue weighted by Crippen LogP contribution is -2.50. The lowest BCUT2D eigenvalue weighted by Gasteiger charge is -2.31. The van der Waals surface area contributed by atoms with Crippen molar-refractivity contribution in [3.63, 3.8) is 0 Å². The van der Waals surface area contributed by atoms with E-state index in [4.69, 9.17) is 9.15 Å². The van der Waals surface area contributed by atoms with Gasteiger partial charge in [-0.2, -0.15) is 0 Å². The predicted molar refractivity (Wildman–Crippen MR) is 203 cm³/mol. The summed E-state index contributed by atoms with van der Waals surface area (Å²) in [6, 6.07) is 37.1. The number of benzene rings is 4. The van der Waals surface area contributed by atoms with Gasteiger partial charge < -0.3 is 34.5 Å². The number of furan rings is 1. The minimum atomic E-state index is -0.870. The van der Waals surface area contributed by atoms with E-state index >= 15 is 0 Å². The Balaban J connectivity index is 1.12. The second-order valence-electron chi connectivity index (χ2n) is 13.2. The molecule has 1 atom stereocenters. The van der Waals surface area contributed by atoms with E-state index in [-0.39, 0.29) is 11.7 Å². The van der Waals surface area contributed by atoms with Gasteiger partial charge in [-0.25, -0.2) is 0 Å². The molecule has 9 heteroatoms. The summed E-state index contributed by atoms with van der Waals surface area (Å²) in [5, 5.41) is 6.25. The molecule has 2 amide bonds.